The van der Waals surface area contributed by atoms with E-state index in [9.17, 15) is 22.8 Å². The molecule has 1 spiro atoms. The number of carbonyl (C=O) groups excluding carboxylic acids is 2. The van der Waals surface area contributed by atoms with Gasteiger partial charge < -0.3 is 10.6 Å². The van der Waals surface area contributed by atoms with Crippen LogP contribution >= 0.6 is 0 Å². The van der Waals surface area contributed by atoms with Gasteiger partial charge in [0, 0.05) is 16.9 Å². The van der Waals surface area contributed by atoms with Crippen LogP contribution in [0.3, 0.4) is 0 Å². The van der Waals surface area contributed by atoms with Gasteiger partial charge in [0.25, 0.3) is 5.91 Å². The minimum atomic E-state index is -4.44. The molecule has 2 N–H and O–H groups in total. The number of alkyl halides is 3. The maximum Gasteiger partial charge on any atom is 0.416 e. The number of fused-ring (bicyclic) bond motifs is 2. The Kier molecular flexibility index (Phi) is 3.98. The van der Waals surface area contributed by atoms with Crippen molar-refractivity contribution >= 4 is 23.2 Å². The van der Waals surface area contributed by atoms with Gasteiger partial charge in [-0.15, -0.1) is 0 Å². The second-order valence-electron chi connectivity index (χ2n) is 7.03. The summed E-state index contributed by atoms with van der Waals surface area (Å²) in [7, 11) is 0. The van der Waals surface area contributed by atoms with Gasteiger partial charge in [-0.25, -0.2) is 0 Å². The highest BCUT2D eigenvalue weighted by atomic mass is 19.4. The average Bonchev–Trinajstić information content (AvgIpc) is 3.22. The number of anilines is 2. The Morgan fingerprint density at radius 2 is 1.70 bits per heavy atom. The molecule has 0 atom stereocenters. The molecule has 1 saturated carbocycles. The fourth-order valence-electron chi connectivity index (χ4n) is 3.98. The third kappa shape index (κ3) is 2.97. The summed E-state index contributed by atoms with van der Waals surface area (Å²) in [5.74, 6) is -0.498. The van der Waals surface area contributed by atoms with E-state index in [1.54, 1.807) is 18.2 Å². The van der Waals surface area contributed by atoms with Crippen LogP contribution in [0, 0.1) is 0 Å². The highest BCUT2D eigenvalue weighted by Crippen LogP contribution is 2.49. The molecule has 2 aromatic rings. The van der Waals surface area contributed by atoms with Crippen LogP contribution < -0.4 is 10.6 Å². The Labute approximate surface area is 153 Å². The van der Waals surface area contributed by atoms with Gasteiger partial charge >= 0.3 is 6.18 Å². The molecule has 0 saturated heterocycles. The molecule has 7 heteroatoms. The molecule has 1 fully saturated rings. The summed E-state index contributed by atoms with van der Waals surface area (Å²) in [5.41, 5.74) is 0.966. The molecular weight excluding hydrogens is 357 g/mol. The zero-order valence-electron chi connectivity index (χ0n) is 14.3. The zero-order valence-corrected chi connectivity index (χ0v) is 14.3. The number of rotatable bonds is 2. The predicted molar refractivity (Wildman–Crippen MR) is 94.6 cm³/mol. The molecule has 0 radical (unpaired) electrons. The summed E-state index contributed by atoms with van der Waals surface area (Å²) < 4.78 is 37.9. The van der Waals surface area contributed by atoms with Gasteiger partial charge in [-0.2, -0.15) is 13.2 Å². The molecule has 2 amide bonds. The second-order valence-corrected chi connectivity index (χ2v) is 7.03. The van der Waals surface area contributed by atoms with Crippen molar-refractivity contribution in [3.8, 4) is 0 Å². The third-order valence-electron chi connectivity index (χ3n) is 5.41. The Morgan fingerprint density at radius 3 is 2.33 bits per heavy atom. The lowest BCUT2D eigenvalue weighted by Gasteiger charge is -2.21. The van der Waals surface area contributed by atoms with Crippen molar-refractivity contribution in [2.24, 2.45) is 0 Å². The Bertz CT molecular complexity index is 914. The number of halogens is 3. The van der Waals surface area contributed by atoms with E-state index in [1.165, 1.54) is 0 Å². The quantitative estimate of drug-likeness (QED) is 0.799. The molecule has 2 aliphatic rings. The Hall–Kier alpha value is -2.83. The zero-order chi connectivity index (χ0) is 19.2. The van der Waals surface area contributed by atoms with Crippen LogP contribution in [0.2, 0.25) is 0 Å². The van der Waals surface area contributed by atoms with Gasteiger partial charge in [-0.1, -0.05) is 12.8 Å². The van der Waals surface area contributed by atoms with Gasteiger partial charge in [0.15, 0.2) is 0 Å². The lowest BCUT2D eigenvalue weighted by atomic mass is 9.80. The number of amides is 2. The monoisotopic (exact) mass is 374 g/mol. The van der Waals surface area contributed by atoms with Crippen LogP contribution in [0.5, 0.6) is 0 Å². The van der Waals surface area contributed by atoms with E-state index in [4.69, 9.17) is 0 Å². The predicted octanol–water partition coefficient (Wildman–Crippen LogP) is 4.72. The molecule has 0 unspecified atom stereocenters. The first kappa shape index (κ1) is 17.6. The summed E-state index contributed by atoms with van der Waals surface area (Å²) in [6, 6.07) is 9.28. The van der Waals surface area contributed by atoms with E-state index >= 15 is 0 Å². The molecule has 4 nitrogen and oxygen atoms in total. The van der Waals surface area contributed by atoms with Crippen LogP contribution in [0.15, 0.2) is 42.5 Å². The highest BCUT2D eigenvalue weighted by Gasteiger charge is 2.48. The van der Waals surface area contributed by atoms with Gasteiger partial charge in [-0.3, -0.25) is 9.59 Å². The Morgan fingerprint density at radius 1 is 1.04 bits per heavy atom. The molecule has 4 rings (SSSR count). The topological polar surface area (TPSA) is 58.2 Å². The van der Waals surface area contributed by atoms with Crippen LogP contribution in [0.4, 0.5) is 24.5 Å². The number of carbonyl (C=O) groups is 2. The first-order chi connectivity index (χ1) is 12.8. The summed E-state index contributed by atoms with van der Waals surface area (Å²) >= 11 is 0. The smallest absolute Gasteiger partial charge is 0.325 e. The van der Waals surface area contributed by atoms with E-state index < -0.39 is 23.1 Å². The third-order valence-corrected chi connectivity index (χ3v) is 5.41. The van der Waals surface area contributed by atoms with Crippen LogP contribution in [-0.4, -0.2) is 11.8 Å². The fraction of sp³-hybridized carbons (Fsp3) is 0.300. The summed E-state index contributed by atoms with van der Waals surface area (Å²) in [5, 5.41) is 5.61. The normalized spacial score (nSPS) is 17.7. The van der Waals surface area contributed by atoms with E-state index in [0.29, 0.717) is 5.69 Å². The van der Waals surface area contributed by atoms with Crippen molar-refractivity contribution in [2.45, 2.75) is 37.3 Å². The number of hydrogen-bond donors (Lipinski definition) is 2. The van der Waals surface area contributed by atoms with Crippen molar-refractivity contribution in [3.63, 3.8) is 0 Å². The summed E-state index contributed by atoms with van der Waals surface area (Å²) in [4.78, 5) is 24.8. The van der Waals surface area contributed by atoms with E-state index in [0.717, 1.165) is 61.2 Å². The first-order valence-corrected chi connectivity index (χ1v) is 8.74. The highest BCUT2D eigenvalue weighted by molar-refractivity contribution is 6.08. The minimum Gasteiger partial charge on any atom is -0.325 e. The SMILES string of the molecule is O=C(Nc1ccc2c(c1)C1(CCCC1)C(=O)N2)c1ccc(C(F)(F)F)cc1. The number of hydrogen-bond acceptors (Lipinski definition) is 2. The maximum atomic E-state index is 12.6. The van der Waals surface area contributed by atoms with Gasteiger partial charge in [-0.05, 0) is 60.9 Å². The molecule has 140 valence electrons. The maximum absolute atomic E-state index is 12.6. The molecule has 0 aromatic heterocycles. The van der Waals surface area contributed by atoms with Crippen molar-refractivity contribution in [1.29, 1.82) is 0 Å². The summed E-state index contributed by atoms with van der Waals surface area (Å²) in [6.07, 6.45) is -0.918. The van der Waals surface area contributed by atoms with Crippen LogP contribution in [0.1, 0.15) is 47.2 Å². The standard InChI is InChI=1S/C20H17F3N2O2/c21-20(22,23)13-5-3-12(4-6-13)17(26)24-14-7-8-16-15(11-14)19(18(27)25-16)9-1-2-10-19/h3-8,11H,1-2,9-10H2,(H,24,26)(H,25,27). The van der Waals surface area contributed by atoms with Crippen molar-refractivity contribution in [2.75, 3.05) is 10.6 Å². The Balaban J connectivity index is 1.57. The molecule has 0 bridgehead atoms. The lowest BCUT2D eigenvalue weighted by molar-refractivity contribution is -0.137. The van der Waals surface area contributed by atoms with Gasteiger partial charge in [0.2, 0.25) is 5.91 Å². The van der Waals surface area contributed by atoms with Gasteiger partial charge in [0.1, 0.15) is 0 Å². The lowest BCUT2D eigenvalue weighted by Crippen LogP contribution is -2.31. The van der Waals surface area contributed by atoms with Crippen molar-refractivity contribution in [1.82, 2.24) is 0 Å². The van der Waals surface area contributed by atoms with Crippen molar-refractivity contribution in [3.05, 3.63) is 59.2 Å². The molecule has 1 heterocycles. The van der Waals surface area contributed by atoms with Crippen LogP contribution in [0.25, 0.3) is 0 Å². The second kappa shape index (κ2) is 6.11. The molecule has 27 heavy (non-hydrogen) atoms. The molecular formula is C20H17F3N2O2. The fourth-order valence-corrected chi connectivity index (χ4v) is 3.98. The minimum absolute atomic E-state index is 0.00113. The van der Waals surface area contributed by atoms with E-state index in [2.05, 4.69) is 10.6 Å². The van der Waals surface area contributed by atoms with Crippen molar-refractivity contribution < 1.29 is 22.8 Å². The molecule has 2 aromatic carbocycles. The molecule has 1 aliphatic heterocycles. The van der Waals surface area contributed by atoms with Crippen LogP contribution in [-0.2, 0) is 16.4 Å². The first-order valence-electron chi connectivity index (χ1n) is 8.74. The summed E-state index contributed by atoms with van der Waals surface area (Å²) in [6.45, 7) is 0. The number of nitrogens with one attached hydrogen (secondary N) is 2. The van der Waals surface area contributed by atoms with Gasteiger partial charge in [0.05, 0.1) is 11.0 Å². The van der Waals surface area contributed by atoms with E-state index in [-0.39, 0.29) is 11.5 Å². The largest absolute Gasteiger partial charge is 0.416 e. The van der Waals surface area contributed by atoms with E-state index in [1.807, 2.05) is 0 Å². The molecule has 1 aliphatic carbocycles. The average molecular weight is 374 g/mol. The number of benzene rings is 2.